The van der Waals surface area contributed by atoms with Crippen molar-refractivity contribution >= 4 is 11.7 Å². The third-order valence-corrected chi connectivity index (χ3v) is 2.52. The molecule has 0 aliphatic carbocycles. The van der Waals surface area contributed by atoms with E-state index in [0.717, 1.165) is 0 Å². The van der Waals surface area contributed by atoms with E-state index in [0.29, 0.717) is 12.8 Å². The highest BCUT2D eigenvalue weighted by Crippen LogP contribution is 2.25. The molecule has 1 atom stereocenters. The number of carbonyl (C=O) groups is 1. The molecule has 0 heterocycles. The van der Waals surface area contributed by atoms with Crippen LogP contribution in [0.2, 0.25) is 0 Å². The van der Waals surface area contributed by atoms with Crippen molar-refractivity contribution in [2.24, 2.45) is 0 Å². The van der Waals surface area contributed by atoms with Gasteiger partial charge >= 0.3 is 5.97 Å². The number of rotatable bonds is 7. The van der Waals surface area contributed by atoms with E-state index in [-0.39, 0.29) is 17.0 Å². The van der Waals surface area contributed by atoms with Crippen LogP contribution in [0.15, 0.2) is 18.2 Å². The van der Waals surface area contributed by atoms with Gasteiger partial charge in [-0.3, -0.25) is 10.1 Å². The number of hydrogen-bond acceptors (Lipinski definition) is 5. The maximum Gasteiger partial charge on any atom is 0.344 e. The summed E-state index contributed by atoms with van der Waals surface area (Å²) in [5, 5.41) is 28.7. The van der Waals surface area contributed by atoms with E-state index in [1.54, 1.807) is 0 Å². The number of aliphatic hydroxyl groups excluding tert-OH is 1. The summed E-state index contributed by atoms with van der Waals surface area (Å²) in [5.74, 6) is -0.960. The second-order valence-electron chi connectivity index (χ2n) is 3.94. The Morgan fingerprint density at radius 2 is 2.21 bits per heavy atom. The van der Waals surface area contributed by atoms with E-state index in [2.05, 4.69) is 0 Å². The molecule has 1 aromatic rings. The Balaban J connectivity index is 2.99. The lowest BCUT2D eigenvalue weighted by Gasteiger charge is -2.16. The monoisotopic (exact) mass is 269 g/mol. The second-order valence-corrected chi connectivity index (χ2v) is 3.94. The van der Waals surface area contributed by atoms with Crippen molar-refractivity contribution in [1.29, 1.82) is 0 Å². The molecular formula is C12H15NO6. The summed E-state index contributed by atoms with van der Waals surface area (Å²) in [6.07, 6.45) is -0.0907. The number of carboxylic acid groups (broad SMARTS) is 1. The quantitative estimate of drug-likeness (QED) is 0.576. The van der Waals surface area contributed by atoms with Crippen molar-refractivity contribution in [1.82, 2.24) is 0 Å². The highest BCUT2D eigenvalue weighted by molar-refractivity contribution is 5.72. The van der Waals surface area contributed by atoms with Crippen LogP contribution >= 0.6 is 0 Å². The average Bonchev–Trinajstić information content (AvgIpc) is 2.38. The van der Waals surface area contributed by atoms with Crippen molar-refractivity contribution in [3.8, 4) is 5.75 Å². The van der Waals surface area contributed by atoms with Crippen LogP contribution in [0.4, 0.5) is 5.69 Å². The van der Waals surface area contributed by atoms with Gasteiger partial charge in [0.25, 0.3) is 5.69 Å². The Kier molecular flexibility index (Phi) is 5.25. The summed E-state index contributed by atoms with van der Waals surface area (Å²) in [6, 6.07) is 3.68. The summed E-state index contributed by atoms with van der Waals surface area (Å²) < 4.78 is 5.29. The molecule has 0 aromatic heterocycles. The maximum absolute atomic E-state index is 11.0. The van der Waals surface area contributed by atoms with Gasteiger partial charge in [-0.25, -0.2) is 4.79 Å². The lowest BCUT2D eigenvalue weighted by Crippen LogP contribution is -2.27. The van der Waals surface area contributed by atoms with Gasteiger partial charge in [-0.2, -0.15) is 0 Å². The van der Waals surface area contributed by atoms with E-state index < -0.39 is 23.6 Å². The van der Waals surface area contributed by atoms with E-state index in [9.17, 15) is 14.9 Å². The number of hydrogen-bond donors (Lipinski definition) is 2. The van der Waals surface area contributed by atoms with E-state index >= 15 is 0 Å². The minimum absolute atomic E-state index is 0.147. The van der Waals surface area contributed by atoms with Gasteiger partial charge in [-0.1, -0.05) is 13.3 Å². The van der Waals surface area contributed by atoms with Crippen molar-refractivity contribution in [3.63, 3.8) is 0 Å². The summed E-state index contributed by atoms with van der Waals surface area (Å²) >= 11 is 0. The first kappa shape index (κ1) is 14.9. The molecule has 0 bridgehead atoms. The molecule has 0 radical (unpaired) electrons. The number of benzene rings is 1. The second kappa shape index (κ2) is 6.69. The Bertz CT molecular complexity index is 473. The first-order chi connectivity index (χ1) is 8.99. The maximum atomic E-state index is 11.0. The fourth-order valence-corrected chi connectivity index (χ4v) is 1.57. The molecule has 19 heavy (non-hydrogen) atoms. The first-order valence-corrected chi connectivity index (χ1v) is 5.77. The number of carboxylic acids is 1. The van der Waals surface area contributed by atoms with Gasteiger partial charge in [-0.15, -0.1) is 0 Å². The third-order valence-electron chi connectivity index (χ3n) is 2.52. The number of nitrogens with zero attached hydrogens (tertiary/aromatic N) is 1. The summed E-state index contributed by atoms with van der Waals surface area (Å²) in [6.45, 7) is 1.36. The molecule has 0 fully saturated rings. The first-order valence-electron chi connectivity index (χ1n) is 5.77. The standard InChI is InChI=1S/C12H15NO6/c1-2-3-11(12(15)16)19-10-5-4-9(13(17)18)6-8(10)7-14/h4-6,11,14H,2-3,7H2,1H3,(H,15,16). The van der Waals surface area contributed by atoms with E-state index in [4.69, 9.17) is 14.9 Å². The molecule has 0 aliphatic heterocycles. The molecule has 0 amide bonds. The normalized spacial score (nSPS) is 11.9. The molecule has 7 heteroatoms. The predicted molar refractivity (Wildman–Crippen MR) is 66.0 cm³/mol. The Labute approximate surface area is 109 Å². The molecular weight excluding hydrogens is 254 g/mol. The average molecular weight is 269 g/mol. The lowest BCUT2D eigenvalue weighted by atomic mass is 10.1. The minimum Gasteiger partial charge on any atom is -0.479 e. The van der Waals surface area contributed by atoms with Crippen molar-refractivity contribution in [2.75, 3.05) is 0 Å². The fourth-order valence-electron chi connectivity index (χ4n) is 1.57. The zero-order valence-corrected chi connectivity index (χ0v) is 10.4. The molecule has 1 rings (SSSR count). The SMILES string of the molecule is CCCC(Oc1ccc([N+](=O)[O-])cc1CO)C(=O)O. The van der Waals surface area contributed by atoms with Crippen LogP contribution in [-0.2, 0) is 11.4 Å². The highest BCUT2D eigenvalue weighted by Gasteiger charge is 2.20. The van der Waals surface area contributed by atoms with Crippen molar-refractivity contribution in [2.45, 2.75) is 32.5 Å². The molecule has 0 saturated carbocycles. The Hall–Kier alpha value is -2.15. The summed E-state index contributed by atoms with van der Waals surface area (Å²) in [7, 11) is 0. The van der Waals surface area contributed by atoms with Crippen LogP contribution in [0.3, 0.4) is 0 Å². The van der Waals surface area contributed by atoms with Gasteiger partial charge in [0.05, 0.1) is 11.5 Å². The summed E-state index contributed by atoms with van der Waals surface area (Å²) in [5.41, 5.74) is 0.00956. The number of nitro groups is 1. The fraction of sp³-hybridized carbons (Fsp3) is 0.417. The smallest absolute Gasteiger partial charge is 0.344 e. The zero-order chi connectivity index (χ0) is 14.4. The van der Waals surface area contributed by atoms with Crippen LogP contribution in [0, 0.1) is 10.1 Å². The number of ether oxygens (including phenoxy) is 1. The van der Waals surface area contributed by atoms with Gasteiger partial charge in [0.1, 0.15) is 5.75 Å². The van der Waals surface area contributed by atoms with Crippen molar-refractivity contribution in [3.05, 3.63) is 33.9 Å². The number of nitro benzene ring substituents is 1. The van der Waals surface area contributed by atoms with Gasteiger partial charge in [0.2, 0.25) is 0 Å². The molecule has 0 saturated heterocycles. The topological polar surface area (TPSA) is 110 Å². The highest BCUT2D eigenvalue weighted by atomic mass is 16.6. The predicted octanol–water partition coefficient (Wildman–Crippen LogP) is 1.72. The molecule has 0 spiro atoms. The molecule has 1 aromatic carbocycles. The Morgan fingerprint density at radius 3 is 2.68 bits per heavy atom. The van der Waals surface area contributed by atoms with Crippen LogP contribution < -0.4 is 4.74 Å². The number of aliphatic carboxylic acids is 1. The molecule has 1 unspecified atom stereocenters. The van der Waals surface area contributed by atoms with Crippen LogP contribution in [0.25, 0.3) is 0 Å². The Morgan fingerprint density at radius 1 is 1.53 bits per heavy atom. The van der Waals surface area contributed by atoms with Crippen molar-refractivity contribution < 1.29 is 24.7 Å². The van der Waals surface area contributed by atoms with Gasteiger partial charge in [-0.05, 0) is 12.5 Å². The molecule has 2 N–H and O–H groups in total. The van der Waals surface area contributed by atoms with Crippen LogP contribution in [0.1, 0.15) is 25.3 Å². The van der Waals surface area contributed by atoms with Gasteiger partial charge < -0.3 is 14.9 Å². The zero-order valence-electron chi connectivity index (χ0n) is 10.4. The van der Waals surface area contributed by atoms with Crippen LogP contribution in [0.5, 0.6) is 5.75 Å². The molecule has 104 valence electrons. The van der Waals surface area contributed by atoms with E-state index in [1.165, 1.54) is 18.2 Å². The van der Waals surface area contributed by atoms with Crippen LogP contribution in [-0.4, -0.2) is 27.2 Å². The number of non-ortho nitro benzene ring substituents is 1. The number of aliphatic hydroxyl groups is 1. The minimum atomic E-state index is -1.11. The van der Waals surface area contributed by atoms with E-state index in [1.807, 2.05) is 6.92 Å². The summed E-state index contributed by atoms with van der Waals surface area (Å²) in [4.78, 5) is 21.0. The van der Waals surface area contributed by atoms with Gasteiger partial charge in [0, 0.05) is 17.7 Å². The third kappa shape index (κ3) is 3.92. The molecule has 0 aliphatic rings. The molecule has 7 nitrogen and oxygen atoms in total. The lowest BCUT2D eigenvalue weighted by molar-refractivity contribution is -0.385. The van der Waals surface area contributed by atoms with Gasteiger partial charge in [0.15, 0.2) is 6.10 Å². The largest absolute Gasteiger partial charge is 0.479 e.